The van der Waals surface area contributed by atoms with Crippen LogP contribution in [0.15, 0.2) is 0 Å². The number of aliphatic hydroxyl groups is 1. The van der Waals surface area contributed by atoms with Crippen molar-refractivity contribution in [3.63, 3.8) is 0 Å². The number of nitrogens with two attached hydrogens (primary N) is 1. The van der Waals surface area contributed by atoms with E-state index in [1.165, 1.54) is 0 Å². The molecule has 17 heavy (non-hydrogen) atoms. The number of likely N-dealkylation sites (tertiary alicyclic amines) is 1. The lowest BCUT2D eigenvalue weighted by Crippen LogP contribution is -2.36. The molecule has 0 aromatic carbocycles. The maximum Gasteiger partial charge on any atom is 0.414 e. The van der Waals surface area contributed by atoms with Crippen molar-refractivity contribution >= 4 is 11.9 Å². The van der Waals surface area contributed by atoms with Crippen LogP contribution >= 0.6 is 0 Å². The summed E-state index contributed by atoms with van der Waals surface area (Å²) in [7, 11) is 0. The van der Waals surface area contributed by atoms with E-state index < -0.39 is 11.9 Å². The molecule has 0 unspecified atom stereocenters. The van der Waals surface area contributed by atoms with Gasteiger partial charge in [-0.15, -0.1) is 0 Å². The van der Waals surface area contributed by atoms with Crippen LogP contribution in [0.1, 0.15) is 19.3 Å². The molecular weight excluding hydrogens is 228 g/mol. The first-order chi connectivity index (χ1) is 7.97. The Bertz CT molecular complexity index is 224. The molecule has 7 heteroatoms. The Morgan fingerprint density at radius 2 is 1.65 bits per heavy atom. The van der Waals surface area contributed by atoms with Crippen LogP contribution in [0, 0.1) is 0 Å². The first kappa shape index (κ1) is 15.8. The Kier molecular flexibility index (Phi) is 8.29. The fourth-order valence-corrected chi connectivity index (χ4v) is 1.46. The van der Waals surface area contributed by atoms with Crippen molar-refractivity contribution < 1.29 is 24.9 Å². The molecule has 100 valence electrons. The van der Waals surface area contributed by atoms with Gasteiger partial charge in [0.25, 0.3) is 0 Å². The third kappa shape index (κ3) is 8.61. The molecule has 1 aliphatic rings. The molecule has 1 aliphatic heterocycles. The van der Waals surface area contributed by atoms with E-state index in [-0.39, 0.29) is 6.10 Å². The molecule has 0 saturated carbocycles. The standard InChI is InChI=1S/C8H18N2O.C2H2O4/c9-4-1-5-10-6-2-8(11)3-7-10;3-1(4)2(5)6/h8,11H,1-7,9H2;(H,3,4)(H,5,6). The molecule has 0 radical (unpaired) electrons. The molecule has 1 rings (SSSR count). The maximum atomic E-state index is 9.20. The van der Waals surface area contributed by atoms with E-state index in [9.17, 15) is 5.11 Å². The number of aliphatic carboxylic acids is 2. The average Bonchev–Trinajstić information content (AvgIpc) is 2.29. The predicted octanol–water partition coefficient (Wildman–Crippen LogP) is -1.05. The number of hydrogen-bond acceptors (Lipinski definition) is 5. The average molecular weight is 248 g/mol. The number of carbonyl (C=O) groups is 2. The van der Waals surface area contributed by atoms with E-state index in [1.54, 1.807) is 0 Å². The molecule has 0 aromatic rings. The van der Waals surface area contributed by atoms with E-state index in [1.807, 2.05) is 0 Å². The molecule has 0 bridgehead atoms. The van der Waals surface area contributed by atoms with Crippen molar-refractivity contribution in [3.8, 4) is 0 Å². The van der Waals surface area contributed by atoms with Crippen molar-refractivity contribution in [3.05, 3.63) is 0 Å². The lowest BCUT2D eigenvalue weighted by Gasteiger charge is -2.29. The minimum Gasteiger partial charge on any atom is -0.473 e. The Balaban J connectivity index is 0.000000366. The van der Waals surface area contributed by atoms with Crippen LogP contribution in [0.2, 0.25) is 0 Å². The zero-order valence-electron chi connectivity index (χ0n) is 9.71. The Hall–Kier alpha value is -1.18. The summed E-state index contributed by atoms with van der Waals surface area (Å²) in [5, 5.41) is 24.0. The summed E-state index contributed by atoms with van der Waals surface area (Å²) >= 11 is 0. The smallest absolute Gasteiger partial charge is 0.414 e. The van der Waals surface area contributed by atoms with Crippen LogP contribution in [0.25, 0.3) is 0 Å². The summed E-state index contributed by atoms with van der Waals surface area (Å²) in [6, 6.07) is 0. The molecule has 7 nitrogen and oxygen atoms in total. The van der Waals surface area contributed by atoms with E-state index in [0.717, 1.165) is 45.4 Å². The fraction of sp³-hybridized carbons (Fsp3) is 0.800. The second-order valence-electron chi connectivity index (χ2n) is 3.83. The lowest BCUT2D eigenvalue weighted by molar-refractivity contribution is -0.159. The molecular formula is C10H20N2O5. The summed E-state index contributed by atoms with van der Waals surface area (Å²) in [5.74, 6) is -3.65. The van der Waals surface area contributed by atoms with Gasteiger partial charge < -0.3 is 26.0 Å². The molecule has 0 atom stereocenters. The first-order valence-corrected chi connectivity index (χ1v) is 5.54. The van der Waals surface area contributed by atoms with Crippen LogP contribution in [-0.4, -0.2) is 64.4 Å². The zero-order chi connectivity index (χ0) is 13.3. The zero-order valence-corrected chi connectivity index (χ0v) is 9.71. The Morgan fingerprint density at radius 3 is 2.00 bits per heavy atom. The maximum absolute atomic E-state index is 9.20. The number of hydrogen-bond donors (Lipinski definition) is 4. The number of piperidine rings is 1. The molecule has 1 heterocycles. The van der Waals surface area contributed by atoms with Gasteiger partial charge in [-0.05, 0) is 32.4 Å². The highest BCUT2D eigenvalue weighted by atomic mass is 16.4. The molecule has 0 amide bonds. The second kappa shape index (κ2) is 8.91. The number of aliphatic hydroxyl groups excluding tert-OH is 1. The highest BCUT2D eigenvalue weighted by molar-refractivity contribution is 6.27. The van der Waals surface area contributed by atoms with Gasteiger partial charge in [0.15, 0.2) is 0 Å². The van der Waals surface area contributed by atoms with Gasteiger partial charge in [-0.1, -0.05) is 0 Å². The van der Waals surface area contributed by atoms with E-state index in [4.69, 9.17) is 25.5 Å². The van der Waals surface area contributed by atoms with Gasteiger partial charge in [-0.3, -0.25) is 0 Å². The van der Waals surface area contributed by atoms with Crippen molar-refractivity contribution in [2.24, 2.45) is 5.73 Å². The Morgan fingerprint density at radius 1 is 1.18 bits per heavy atom. The lowest BCUT2D eigenvalue weighted by atomic mass is 10.1. The van der Waals surface area contributed by atoms with E-state index >= 15 is 0 Å². The predicted molar refractivity (Wildman–Crippen MR) is 60.6 cm³/mol. The van der Waals surface area contributed by atoms with E-state index in [0.29, 0.717) is 0 Å². The van der Waals surface area contributed by atoms with Crippen molar-refractivity contribution in [1.82, 2.24) is 4.90 Å². The van der Waals surface area contributed by atoms with Gasteiger partial charge in [0.1, 0.15) is 0 Å². The fourth-order valence-electron chi connectivity index (χ4n) is 1.46. The number of carboxylic acid groups (broad SMARTS) is 2. The van der Waals surface area contributed by atoms with Gasteiger partial charge in [0.2, 0.25) is 0 Å². The minimum absolute atomic E-state index is 0.0517. The van der Waals surface area contributed by atoms with Crippen LogP contribution in [0.5, 0.6) is 0 Å². The summed E-state index contributed by atoms with van der Waals surface area (Å²) in [6.07, 6.45) is 2.90. The van der Waals surface area contributed by atoms with Crippen molar-refractivity contribution in [1.29, 1.82) is 0 Å². The summed E-state index contributed by atoms with van der Waals surface area (Å²) in [5.41, 5.74) is 5.40. The van der Waals surface area contributed by atoms with Gasteiger partial charge in [0, 0.05) is 13.1 Å². The highest BCUT2D eigenvalue weighted by Gasteiger charge is 2.15. The molecule has 5 N–H and O–H groups in total. The minimum atomic E-state index is -1.82. The first-order valence-electron chi connectivity index (χ1n) is 5.54. The highest BCUT2D eigenvalue weighted by Crippen LogP contribution is 2.09. The quantitative estimate of drug-likeness (QED) is 0.469. The molecule has 1 fully saturated rings. The largest absolute Gasteiger partial charge is 0.473 e. The summed E-state index contributed by atoms with van der Waals surface area (Å²) in [4.78, 5) is 20.6. The van der Waals surface area contributed by atoms with Crippen molar-refractivity contribution in [2.75, 3.05) is 26.2 Å². The van der Waals surface area contributed by atoms with Crippen LogP contribution in [0.3, 0.4) is 0 Å². The van der Waals surface area contributed by atoms with Gasteiger partial charge in [-0.2, -0.15) is 0 Å². The number of nitrogens with zero attached hydrogens (tertiary/aromatic N) is 1. The van der Waals surface area contributed by atoms with Crippen molar-refractivity contribution in [2.45, 2.75) is 25.4 Å². The third-order valence-corrected chi connectivity index (χ3v) is 2.42. The molecule has 0 aliphatic carbocycles. The monoisotopic (exact) mass is 248 g/mol. The Labute approximate surface area is 99.8 Å². The van der Waals surface area contributed by atoms with Crippen LogP contribution < -0.4 is 5.73 Å². The van der Waals surface area contributed by atoms with E-state index in [2.05, 4.69) is 4.90 Å². The molecule has 0 aromatic heterocycles. The molecule has 1 saturated heterocycles. The van der Waals surface area contributed by atoms with Crippen LogP contribution in [-0.2, 0) is 9.59 Å². The van der Waals surface area contributed by atoms with Crippen LogP contribution in [0.4, 0.5) is 0 Å². The third-order valence-electron chi connectivity index (χ3n) is 2.42. The molecule has 0 spiro atoms. The topological polar surface area (TPSA) is 124 Å². The SMILES string of the molecule is NCCCN1CCC(O)CC1.O=C(O)C(=O)O. The number of carboxylic acids is 2. The van der Waals surface area contributed by atoms with Gasteiger partial charge >= 0.3 is 11.9 Å². The second-order valence-corrected chi connectivity index (χ2v) is 3.83. The summed E-state index contributed by atoms with van der Waals surface area (Å²) < 4.78 is 0. The number of rotatable bonds is 3. The van der Waals surface area contributed by atoms with Gasteiger partial charge in [-0.25, -0.2) is 9.59 Å². The summed E-state index contributed by atoms with van der Waals surface area (Å²) in [6.45, 7) is 3.96. The normalized spacial score (nSPS) is 17.1. The van der Waals surface area contributed by atoms with Gasteiger partial charge in [0.05, 0.1) is 6.10 Å².